The van der Waals surface area contributed by atoms with Gasteiger partial charge in [-0.05, 0) is 5.10 Å². The molecule has 1 N–H and O–H groups in total. The van der Waals surface area contributed by atoms with Crippen LogP contribution in [0.25, 0.3) is 4.85 Å². The van der Waals surface area contributed by atoms with Gasteiger partial charge in [0.05, 0.1) is 7.11 Å². The summed E-state index contributed by atoms with van der Waals surface area (Å²) in [6.45, 7) is 6.90. The molecule has 0 aliphatic carbocycles. The largest absolute Gasteiger partial charge is 0.476 e. The topological polar surface area (TPSA) is 95.9 Å². The number of hydrogen-bond donors (Lipinski definition) is 1. The minimum absolute atomic E-state index is 0.0100. The van der Waals surface area contributed by atoms with E-state index in [1.807, 2.05) is 0 Å². The molecule has 1 amide bonds. The van der Waals surface area contributed by atoms with Crippen LogP contribution >= 0.6 is 11.8 Å². The van der Waals surface area contributed by atoms with E-state index < -0.39 is 23.5 Å². The second-order valence-electron chi connectivity index (χ2n) is 3.08. The molecule has 2 aliphatic rings. The van der Waals surface area contributed by atoms with Crippen LogP contribution in [0.15, 0.2) is 10.1 Å². The maximum Gasteiger partial charge on any atom is 0.448 e. The van der Waals surface area contributed by atoms with Crippen LogP contribution < -0.4 is 0 Å². The number of nitrogens with zero attached hydrogens (tertiary/aromatic N) is 4. The summed E-state index contributed by atoms with van der Waals surface area (Å²) in [5.74, 6) is -1.19. The van der Waals surface area contributed by atoms with Gasteiger partial charge in [0.1, 0.15) is 11.4 Å². The van der Waals surface area contributed by atoms with Crippen molar-refractivity contribution < 1.29 is 19.4 Å². The Balaban J connectivity index is 2.31. The van der Waals surface area contributed by atoms with Crippen LogP contribution in [0, 0.1) is 6.57 Å². The first-order valence-corrected chi connectivity index (χ1v) is 5.27. The Hall–Kier alpha value is -2.08. The predicted molar refractivity (Wildman–Crippen MR) is 58.5 cm³/mol. The highest BCUT2D eigenvalue weighted by Gasteiger charge is 2.50. The van der Waals surface area contributed by atoms with Gasteiger partial charge < -0.3 is 14.7 Å². The number of hydrazone groups is 1. The van der Waals surface area contributed by atoms with Crippen molar-refractivity contribution in [2.24, 2.45) is 10.1 Å². The van der Waals surface area contributed by atoms with E-state index in [9.17, 15) is 9.59 Å². The molecule has 0 fully saturated rings. The average Bonchev–Trinajstić information content (AvgIpc) is 2.85. The Labute approximate surface area is 99.8 Å². The number of carboxylic acid groups (broad SMARTS) is 1. The zero-order valence-electron chi connectivity index (χ0n) is 8.52. The van der Waals surface area contributed by atoms with Gasteiger partial charge in [-0.25, -0.2) is 9.59 Å². The molecule has 2 unspecified atom stereocenters. The molecule has 0 radical (unpaired) electrons. The monoisotopic (exact) mass is 254 g/mol. The lowest BCUT2D eigenvalue weighted by Gasteiger charge is -2.13. The van der Waals surface area contributed by atoms with E-state index in [0.717, 1.165) is 16.8 Å². The van der Waals surface area contributed by atoms with Crippen molar-refractivity contribution in [2.45, 2.75) is 11.4 Å². The van der Waals surface area contributed by atoms with E-state index in [1.165, 1.54) is 7.11 Å². The number of carbonyl (C=O) groups excluding carboxylic acids is 1. The van der Waals surface area contributed by atoms with Gasteiger partial charge in [-0.15, -0.1) is 5.01 Å². The number of thioether (sulfide) groups is 1. The SMILES string of the molecule is [C-]#[N+]C1=NN(C(=O)OC)C2SC(C(=O)O)=NC12. The molecular weight excluding hydrogens is 248 g/mol. The zero-order chi connectivity index (χ0) is 12.6. The Bertz CT molecular complexity index is 494. The summed E-state index contributed by atoms with van der Waals surface area (Å²) in [5.41, 5.74) is 0. The summed E-state index contributed by atoms with van der Waals surface area (Å²) in [5, 5.41) is 12.7. The first kappa shape index (κ1) is 11.4. The van der Waals surface area contributed by atoms with Crippen molar-refractivity contribution in [2.75, 3.05) is 7.11 Å². The number of carbonyl (C=O) groups is 2. The third-order valence-corrected chi connectivity index (χ3v) is 3.34. The molecule has 0 aromatic rings. The summed E-state index contributed by atoms with van der Waals surface area (Å²) in [4.78, 5) is 29.1. The minimum Gasteiger partial charge on any atom is -0.476 e. The zero-order valence-corrected chi connectivity index (χ0v) is 9.34. The van der Waals surface area contributed by atoms with Crippen molar-refractivity contribution in [3.63, 3.8) is 0 Å². The lowest BCUT2D eigenvalue weighted by Crippen LogP contribution is -2.34. The molecule has 0 bridgehead atoms. The second-order valence-corrected chi connectivity index (χ2v) is 4.18. The van der Waals surface area contributed by atoms with Crippen LogP contribution in [-0.4, -0.2) is 51.6 Å². The molecule has 0 spiro atoms. The lowest BCUT2D eigenvalue weighted by molar-refractivity contribution is -0.129. The highest BCUT2D eigenvalue weighted by Crippen LogP contribution is 2.36. The van der Waals surface area contributed by atoms with E-state index in [-0.39, 0.29) is 10.9 Å². The maximum absolute atomic E-state index is 11.4. The van der Waals surface area contributed by atoms with Gasteiger partial charge in [-0.3, -0.25) is 4.99 Å². The normalized spacial score (nSPS) is 25.8. The van der Waals surface area contributed by atoms with Gasteiger partial charge in [0.15, 0.2) is 5.04 Å². The number of amides is 1. The molecule has 0 saturated carbocycles. The number of methoxy groups -OCH3 is 1. The smallest absolute Gasteiger partial charge is 0.448 e. The minimum atomic E-state index is -1.18. The van der Waals surface area contributed by atoms with Crippen LogP contribution in [0.1, 0.15) is 0 Å². The number of aliphatic imine (C=N–C) groups is 1. The van der Waals surface area contributed by atoms with Crippen molar-refractivity contribution in [3.8, 4) is 0 Å². The van der Waals surface area contributed by atoms with Gasteiger partial charge in [0.2, 0.25) is 0 Å². The predicted octanol–water partition coefficient (Wildman–Crippen LogP) is 0.226. The summed E-state index contributed by atoms with van der Waals surface area (Å²) in [7, 11) is 1.18. The van der Waals surface area contributed by atoms with Crippen molar-refractivity contribution in [1.29, 1.82) is 0 Å². The molecule has 0 aromatic heterocycles. The third kappa shape index (κ3) is 1.72. The van der Waals surface area contributed by atoms with Crippen molar-refractivity contribution in [3.05, 3.63) is 11.4 Å². The van der Waals surface area contributed by atoms with Gasteiger partial charge in [-0.2, -0.15) is 0 Å². The number of hydrogen-bond acceptors (Lipinski definition) is 6. The van der Waals surface area contributed by atoms with Crippen LogP contribution in [0.2, 0.25) is 0 Å². The quantitative estimate of drug-likeness (QED) is 0.675. The highest BCUT2D eigenvalue weighted by atomic mass is 32.2. The van der Waals surface area contributed by atoms with Crippen molar-refractivity contribution >= 4 is 34.7 Å². The summed E-state index contributed by atoms with van der Waals surface area (Å²) < 4.78 is 4.50. The Morgan fingerprint density at radius 1 is 1.65 bits per heavy atom. The molecule has 0 saturated heterocycles. The fourth-order valence-corrected chi connectivity index (χ4v) is 2.48. The van der Waals surface area contributed by atoms with E-state index in [2.05, 4.69) is 19.7 Å². The Morgan fingerprint density at radius 3 is 2.88 bits per heavy atom. The van der Waals surface area contributed by atoms with E-state index in [4.69, 9.17) is 11.7 Å². The van der Waals surface area contributed by atoms with E-state index >= 15 is 0 Å². The molecule has 2 atom stereocenters. The van der Waals surface area contributed by atoms with Gasteiger partial charge in [0.25, 0.3) is 5.84 Å². The molecule has 2 heterocycles. The van der Waals surface area contributed by atoms with Gasteiger partial charge >= 0.3 is 12.1 Å². The van der Waals surface area contributed by atoms with Crippen LogP contribution in [0.3, 0.4) is 0 Å². The average molecular weight is 254 g/mol. The van der Waals surface area contributed by atoms with Crippen LogP contribution in [-0.2, 0) is 9.53 Å². The molecule has 2 rings (SSSR count). The number of aliphatic carboxylic acids is 1. The number of amidine groups is 1. The summed E-state index contributed by atoms with van der Waals surface area (Å²) in [6.07, 6.45) is -0.743. The molecule has 9 heteroatoms. The van der Waals surface area contributed by atoms with E-state index in [1.54, 1.807) is 0 Å². The van der Waals surface area contributed by atoms with E-state index in [0.29, 0.717) is 0 Å². The first-order valence-electron chi connectivity index (χ1n) is 4.39. The highest BCUT2D eigenvalue weighted by molar-refractivity contribution is 8.16. The fraction of sp³-hybridized carbons (Fsp3) is 0.375. The molecule has 0 aromatic carbocycles. The van der Waals surface area contributed by atoms with Crippen molar-refractivity contribution in [1.82, 2.24) is 5.01 Å². The third-order valence-electron chi connectivity index (χ3n) is 2.13. The standard InChI is InChI=1S/C8H6N4O4S/c1-9-4-3-6(12(11-4)8(15)16-2)17-5(10-3)7(13)14/h3,6H,2H3,(H,13,14). The number of rotatable bonds is 1. The lowest BCUT2D eigenvalue weighted by atomic mass is 10.3. The van der Waals surface area contributed by atoms with Crippen LogP contribution in [0.5, 0.6) is 0 Å². The number of carboxylic acids is 1. The summed E-state index contributed by atoms with van der Waals surface area (Å²) >= 11 is 0.878. The second kappa shape index (κ2) is 4.06. The first-order chi connectivity index (χ1) is 8.08. The Kier molecular flexibility index (Phi) is 2.72. The molecule has 17 heavy (non-hydrogen) atoms. The number of fused-ring (bicyclic) bond motifs is 1. The Morgan fingerprint density at radius 2 is 2.35 bits per heavy atom. The number of ether oxygens (including phenoxy) is 1. The molecule has 88 valence electrons. The molecule has 8 nitrogen and oxygen atoms in total. The maximum atomic E-state index is 11.4. The molecule has 2 aliphatic heterocycles. The van der Waals surface area contributed by atoms with Gasteiger partial charge in [0, 0.05) is 0 Å². The van der Waals surface area contributed by atoms with Crippen LogP contribution in [0.4, 0.5) is 4.79 Å². The summed E-state index contributed by atoms with van der Waals surface area (Å²) in [6, 6.07) is -0.720. The van der Waals surface area contributed by atoms with Gasteiger partial charge in [-0.1, -0.05) is 18.3 Å². The fourth-order valence-electron chi connectivity index (χ4n) is 1.43. The molecular formula is C8H6N4O4S.